The molecule has 4 N–H and O–H groups in total. The molecule has 8 nitrogen and oxygen atoms in total. The van der Waals surface area contributed by atoms with Crippen molar-refractivity contribution in [1.82, 2.24) is 0 Å². The Bertz CT molecular complexity index is 933. The number of aryl methyl sites for hydroxylation is 1. The van der Waals surface area contributed by atoms with E-state index in [1.54, 1.807) is 6.07 Å². The molecule has 0 aromatic heterocycles. The van der Waals surface area contributed by atoms with Crippen molar-refractivity contribution in [2.24, 2.45) is 28.1 Å². The van der Waals surface area contributed by atoms with Gasteiger partial charge >= 0.3 is 16.4 Å². The minimum atomic E-state index is -4.13. The van der Waals surface area contributed by atoms with Crippen molar-refractivity contribution in [3.8, 4) is 11.5 Å². The van der Waals surface area contributed by atoms with Gasteiger partial charge in [-0.25, -0.2) is 4.79 Å². The Morgan fingerprint density at radius 2 is 1.93 bits per heavy atom. The van der Waals surface area contributed by atoms with E-state index < -0.39 is 16.4 Å². The van der Waals surface area contributed by atoms with Gasteiger partial charge in [0, 0.05) is 5.41 Å². The highest BCUT2D eigenvalue weighted by molar-refractivity contribution is 7.84. The van der Waals surface area contributed by atoms with Crippen LogP contribution in [-0.2, 0) is 21.5 Å². The number of methoxy groups -OCH3 is 1. The maximum Gasteiger partial charge on any atom is 0.404 e. The van der Waals surface area contributed by atoms with Crippen LogP contribution in [0.4, 0.5) is 4.79 Å². The molecule has 0 saturated heterocycles. The van der Waals surface area contributed by atoms with Gasteiger partial charge in [-0.3, -0.25) is 0 Å². The van der Waals surface area contributed by atoms with Crippen molar-refractivity contribution >= 4 is 16.4 Å². The molecular weight excluding hydrogens is 396 g/mol. The molecule has 9 heteroatoms. The molecule has 4 rings (SSSR count). The molecular formula is C20H28N2O6S. The zero-order valence-electron chi connectivity index (χ0n) is 16.7. The standard InChI is InChI=1S/C20H28N2O6S/c1-20-8-7-12-13(15(20)5-6-18(20)27-19(21)23)4-3-11-9-17(28-29(22,24)25)16(26-2)10-14(11)12/h9-10,12-13,15,18H,3-8H2,1-2H3,(H2,21,23)(H2,22,24,25)/t12-,13+,15-,18-,20-/m0/s1. The summed E-state index contributed by atoms with van der Waals surface area (Å²) in [6.45, 7) is 2.23. The third kappa shape index (κ3) is 3.54. The van der Waals surface area contributed by atoms with Gasteiger partial charge in [-0.05, 0) is 79.5 Å². The molecule has 1 aromatic rings. The van der Waals surface area contributed by atoms with E-state index in [1.165, 1.54) is 12.7 Å². The fourth-order valence-electron chi connectivity index (χ4n) is 6.21. The highest BCUT2D eigenvalue weighted by atomic mass is 32.2. The van der Waals surface area contributed by atoms with Crippen LogP contribution < -0.4 is 19.8 Å². The van der Waals surface area contributed by atoms with Crippen molar-refractivity contribution in [2.75, 3.05) is 7.11 Å². The average Bonchev–Trinajstić information content (AvgIpc) is 2.95. The van der Waals surface area contributed by atoms with Crippen LogP contribution in [0.25, 0.3) is 0 Å². The van der Waals surface area contributed by atoms with E-state index in [1.807, 2.05) is 6.07 Å². The molecule has 0 bridgehead atoms. The molecule has 2 saturated carbocycles. The Labute approximate surface area is 171 Å². The molecule has 3 aliphatic carbocycles. The number of hydrogen-bond acceptors (Lipinski definition) is 6. The summed E-state index contributed by atoms with van der Waals surface area (Å²) in [5.74, 6) is 1.81. The maximum atomic E-state index is 11.4. The molecule has 3 aliphatic rings. The third-order valence-electron chi connectivity index (χ3n) is 7.39. The largest absolute Gasteiger partial charge is 0.493 e. The summed E-state index contributed by atoms with van der Waals surface area (Å²) in [4.78, 5) is 11.3. The number of nitrogens with two attached hydrogens (primary N) is 2. The predicted octanol–water partition coefficient (Wildman–Crippen LogP) is 2.60. The summed E-state index contributed by atoms with van der Waals surface area (Å²) in [5.41, 5.74) is 7.53. The summed E-state index contributed by atoms with van der Waals surface area (Å²) in [6, 6.07) is 3.65. The van der Waals surface area contributed by atoms with Crippen LogP contribution in [0.2, 0.25) is 0 Å². The number of ether oxygens (including phenoxy) is 2. The molecule has 5 atom stereocenters. The van der Waals surface area contributed by atoms with Crippen molar-refractivity contribution in [2.45, 2.75) is 57.5 Å². The van der Waals surface area contributed by atoms with Crippen LogP contribution in [0.15, 0.2) is 12.1 Å². The molecule has 2 fully saturated rings. The van der Waals surface area contributed by atoms with Crippen LogP contribution in [0.1, 0.15) is 56.1 Å². The molecule has 0 radical (unpaired) electrons. The Balaban J connectivity index is 1.65. The topological polar surface area (TPSA) is 131 Å². The van der Waals surface area contributed by atoms with E-state index in [0.717, 1.165) is 44.1 Å². The maximum absolute atomic E-state index is 11.4. The predicted molar refractivity (Wildman–Crippen MR) is 106 cm³/mol. The second kappa shape index (κ2) is 7.05. The van der Waals surface area contributed by atoms with E-state index in [0.29, 0.717) is 23.5 Å². The van der Waals surface area contributed by atoms with Gasteiger partial charge in [-0.1, -0.05) is 6.92 Å². The highest BCUT2D eigenvalue weighted by Gasteiger charge is 2.56. The average molecular weight is 425 g/mol. The molecule has 160 valence electrons. The number of primary amides is 1. The first kappa shape index (κ1) is 20.3. The molecule has 29 heavy (non-hydrogen) atoms. The first-order valence-corrected chi connectivity index (χ1v) is 11.5. The molecule has 0 aliphatic heterocycles. The molecule has 0 unspecified atom stereocenters. The Morgan fingerprint density at radius 1 is 1.17 bits per heavy atom. The van der Waals surface area contributed by atoms with Crippen LogP contribution >= 0.6 is 0 Å². The lowest BCUT2D eigenvalue weighted by molar-refractivity contribution is -0.0291. The van der Waals surface area contributed by atoms with Crippen LogP contribution in [0.3, 0.4) is 0 Å². The van der Waals surface area contributed by atoms with E-state index in [9.17, 15) is 13.2 Å². The SMILES string of the molecule is COc1cc2c(cc1OS(N)(=O)=O)CC[C@@H]1[C@@H]2CC[C@]2(C)[C@@H](OC(N)=O)CC[C@@H]12. The van der Waals surface area contributed by atoms with Crippen LogP contribution in [-0.4, -0.2) is 27.7 Å². The van der Waals surface area contributed by atoms with Gasteiger partial charge in [0.05, 0.1) is 7.11 Å². The van der Waals surface area contributed by atoms with Crippen molar-refractivity contribution < 1.29 is 26.9 Å². The van der Waals surface area contributed by atoms with Gasteiger partial charge in [0.2, 0.25) is 0 Å². The Kier molecular flexibility index (Phi) is 4.93. The van der Waals surface area contributed by atoms with Crippen LogP contribution in [0.5, 0.6) is 11.5 Å². The fraction of sp³-hybridized carbons (Fsp3) is 0.650. The number of rotatable bonds is 4. The zero-order chi connectivity index (χ0) is 21.0. The Morgan fingerprint density at radius 3 is 2.59 bits per heavy atom. The number of fused-ring (bicyclic) bond motifs is 5. The first-order chi connectivity index (χ1) is 13.6. The molecule has 1 amide bonds. The van der Waals surface area contributed by atoms with Crippen LogP contribution in [0, 0.1) is 17.3 Å². The van der Waals surface area contributed by atoms with Gasteiger partial charge in [-0.2, -0.15) is 13.6 Å². The van der Waals surface area contributed by atoms with E-state index in [2.05, 4.69) is 6.92 Å². The van der Waals surface area contributed by atoms with Gasteiger partial charge in [-0.15, -0.1) is 0 Å². The van der Waals surface area contributed by atoms with Gasteiger partial charge in [0.25, 0.3) is 0 Å². The van der Waals surface area contributed by atoms with Crippen molar-refractivity contribution in [3.63, 3.8) is 0 Å². The lowest BCUT2D eigenvalue weighted by Gasteiger charge is -2.50. The lowest BCUT2D eigenvalue weighted by atomic mass is 9.55. The van der Waals surface area contributed by atoms with Crippen molar-refractivity contribution in [1.29, 1.82) is 0 Å². The summed E-state index contributed by atoms with van der Waals surface area (Å²) in [6.07, 6.45) is 4.82. The van der Waals surface area contributed by atoms with Gasteiger partial charge in [0.15, 0.2) is 11.5 Å². The van der Waals surface area contributed by atoms with E-state index in [4.69, 9.17) is 24.5 Å². The lowest BCUT2D eigenvalue weighted by Crippen LogP contribution is -2.45. The number of carbonyl (C=O) groups is 1. The van der Waals surface area contributed by atoms with Crippen molar-refractivity contribution in [3.05, 3.63) is 23.3 Å². The summed E-state index contributed by atoms with van der Waals surface area (Å²) in [7, 11) is -2.64. The minimum absolute atomic E-state index is 0.0472. The Hall–Kier alpha value is -2.00. The number of amides is 1. The summed E-state index contributed by atoms with van der Waals surface area (Å²) >= 11 is 0. The monoisotopic (exact) mass is 424 g/mol. The fourth-order valence-corrected chi connectivity index (χ4v) is 6.59. The van der Waals surface area contributed by atoms with Gasteiger partial charge in [0.1, 0.15) is 6.10 Å². The molecule has 0 spiro atoms. The van der Waals surface area contributed by atoms with E-state index in [-0.39, 0.29) is 17.3 Å². The number of carbonyl (C=O) groups excluding carboxylic acids is 1. The smallest absolute Gasteiger partial charge is 0.404 e. The summed E-state index contributed by atoms with van der Waals surface area (Å²) < 4.78 is 38.6. The van der Waals surface area contributed by atoms with E-state index >= 15 is 0 Å². The van der Waals surface area contributed by atoms with Gasteiger partial charge < -0.3 is 19.4 Å². The quantitative estimate of drug-likeness (QED) is 0.764. The molecule has 1 aromatic carbocycles. The normalized spacial score (nSPS) is 33.2. The number of benzene rings is 1. The first-order valence-electron chi connectivity index (χ1n) is 10.0. The zero-order valence-corrected chi connectivity index (χ0v) is 17.5. The molecule has 0 heterocycles. The minimum Gasteiger partial charge on any atom is -0.493 e. The third-order valence-corrected chi connectivity index (χ3v) is 7.80. The highest BCUT2D eigenvalue weighted by Crippen LogP contribution is 2.62. The summed E-state index contributed by atoms with van der Waals surface area (Å²) in [5, 5.41) is 5.04. The second-order valence-corrected chi connectivity index (χ2v) is 9.89. The number of hydrogen-bond donors (Lipinski definition) is 2. The second-order valence-electron chi connectivity index (χ2n) is 8.74.